The topological polar surface area (TPSA) is 83.6 Å². The summed E-state index contributed by atoms with van der Waals surface area (Å²) in [4.78, 5) is 25.5. The van der Waals surface area contributed by atoms with Crippen LogP contribution in [0.4, 0.5) is 0 Å². The Hall–Kier alpha value is -2.34. The van der Waals surface area contributed by atoms with Gasteiger partial charge in [-0.05, 0) is 17.7 Å². The first-order chi connectivity index (χ1) is 11.0. The SMILES string of the molecule is O=C(O)[C@@H]1CN(C(=O)Cc2ccon2)C[C@H]1c1ccc(Cl)cc1. The molecule has 0 spiro atoms. The van der Waals surface area contributed by atoms with Crippen LogP contribution >= 0.6 is 11.6 Å². The van der Waals surface area contributed by atoms with Gasteiger partial charge in [0.2, 0.25) is 5.91 Å². The summed E-state index contributed by atoms with van der Waals surface area (Å²) in [6.07, 6.45) is 1.51. The van der Waals surface area contributed by atoms with Crippen molar-refractivity contribution in [2.45, 2.75) is 12.3 Å². The molecule has 1 N–H and O–H groups in total. The van der Waals surface area contributed by atoms with Crippen LogP contribution in [-0.4, -0.2) is 40.1 Å². The van der Waals surface area contributed by atoms with E-state index in [1.807, 2.05) is 12.1 Å². The molecule has 1 aromatic carbocycles. The first kappa shape index (κ1) is 15.6. The lowest BCUT2D eigenvalue weighted by atomic mass is 9.89. The number of hydrogen-bond acceptors (Lipinski definition) is 4. The van der Waals surface area contributed by atoms with Crippen molar-refractivity contribution in [2.24, 2.45) is 5.92 Å². The number of benzene rings is 1. The second kappa shape index (κ2) is 6.42. The zero-order valence-electron chi connectivity index (χ0n) is 12.2. The molecule has 1 aromatic heterocycles. The molecule has 2 aromatic rings. The van der Waals surface area contributed by atoms with Crippen LogP contribution < -0.4 is 0 Å². The monoisotopic (exact) mass is 334 g/mol. The van der Waals surface area contributed by atoms with E-state index in [4.69, 9.17) is 16.1 Å². The molecule has 1 aliphatic heterocycles. The largest absolute Gasteiger partial charge is 0.481 e. The van der Waals surface area contributed by atoms with Gasteiger partial charge in [-0.3, -0.25) is 9.59 Å². The van der Waals surface area contributed by atoms with E-state index in [9.17, 15) is 14.7 Å². The summed E-state index contributed by atoms with van der Waals surface area (Å²) in [5, 5.41) is 13.8. The predicted octanol–water partition coefficient (Wildman–Crippen LogP) is 2.20. The molecule has 1 saturated heterocycles. The lowest BCUT2D eigenvalue weighted by molar-refractivity contribution is -0.141. The number of likely N-dealkylation sites (tertiary alicyclic amines) is 1. The Bertz CT molecular complexity index is 699. The van der Waals surface area contributed by atoms with Crippen molar-refractivity contribution in [1.82, 2.24) is 10.1 Å². The molecule has 120 valence electrons. The second-order valence-electron chi connectivity index (χ2n) is 5.57. The van der Waals surface area contributed by atoms with Crippen molar-refractivity contribution < 1.29 is 19.2 Å². The van der Waals surface area contributed by atoms with E-state index in [1.54, 1.807) is 23.1 Å². The zero-order valence-corrected chi connectivity index (χ0v) is 12.9. The van der Waals surface area contributed by atoms with Crippen molar-refractivity contribution in [3.8, 4) is 0 Å². The van der Waals surface area contributed by atoms with Crippen LogP contribution in [0.25, 0.3) is 0 Å². The van der Waals surface area contributed by atoms with E-state index >= 15 is 0 Å². The molecule has 6 nitrogen and oxygen atoms in total. The van der Waals surface area contributed by atoms with Gasteiger partial charge in [0.05, 0.1) is 18.0 Å². The Labute approximate surface area is 137 Å². The number of aliphatic carboxylic acids is 1. The number of carboxylic acid groups (broad SMARTS) is 1. The summed E-state index contributed by atoms with van der Waals surface area (Å²) >= 11 is 5.88. The minimum Gasteiger partial charge on any atom is -0.481 e. The molecule has 3 rings (SSSR count). The molecule has 0 aliphatic carbocycles. The fourth-order valence-electron chi connectivity index (χ4n) is 2.90. The average Bonchev–Trinajstić information content (AvgIpc) is 3.17. The van der Waals surface area contributed by atoms with E-state index in [0.717, 1.165) is 5.56 Å². The van der Waals surface area contributed by atoms with Gasteiger partial charge in [-0.1, -0.05) is 28.9 Å². The molecule has 1 fully saturated rings. The highest BCUT2D eigenvalue weighted by atomic mass is 35.5. The number of carbonyl (C=O) groups is 2. The summed E-state index contributed by atoms with van der Waals surface area (Å²) in [7, 11) is 0. The minimum absolute atomic E-state index is 0.107. The summed E-state index contributed by atoms with van der Waals surface area (Å²) in [5.74, 6) is -1.92. The van der Waals surface area contributed by atoms with Crippen molar-refractivity contribution in [3.05, 3.63) is 52.9 Å². The third kappa shape index (κ3) is 3.37. The third-order valence-corrected chi connectivity index (χ3v) is 4.36. The lowest BCUT2D eigenvalue weighted by Crippen LogP contribution is -2.31. The molecule has 0 unspecified atom stereocenters. The van der Waals surface area contributed by atoms with Crippen LogP contribution in [0.15, 0.2) is 41.1 Å². The van der Waals surface area contributed by atoms with Gasteiger partial charge in [0.15, 0.2) is 0 Å². The number of rotatable bonds is 4. The zero-order chi connectivity index (χ0) is 16.4. The first-order valence-corrected chi connectivity index (χ1v) is 7.57. The number of carbonyl (C=O) groups excluding carboxylic acids is 1. The molecule has 7 heteroatoms. The summed E-state index contributed by atoms with van der Waals surface area (Å²) < 4.78 is 4.71. The normalized spacial score (nSPS) is 20.7. The number of nitrogens with zero attached hydrogens (tertiary/aromatic N) is 2. The molecule has 23 heavy (non-hydrogen) atoms. The Morgan fingerprint density at radius 3 is 2.61 bits per heavy atom. The van der Waals surface area contributed by atoms with Gasteiger partial charge >= 0.3 is 5.97 Å². The van der Waals surface area contributed by atoms with Gasteiger partial charge in [-0.15, -0.1) is 0 Å². The smallest absolute Gasteiger partial charge is 0.308 e. The first-order valence-electron chi connectivity index (χ1n) is 7.20. The molecule has 1 amide bonds. The van der Waals surface area contributed by atoms with Crippen LogP contribution in [0.5, 0.6) is 0 Å². The molecule has 2 heterocycles. The maximum absolute atomic E-state index is 12.3. The average molecular weight is 335 g/mol. The Morgan fingerprint density at radius 2 is 2.00 bits per heavy atom. The van der Waals surface area contributed by atoms with Gasteiger partial charge in [0, 0.05) is 30.1 Å². The number of amides is 1. The molecular weight excluding hydrogens is 320 g/mol. The second-order valence-corrected chi connectivity index (χ2v) is 6.01. The number of carboxylic acids is 1. The number of halogens is 1. The number of hydrogen-bond donors (Lipinski definition) is 1. The molecule has 0 bridgehead atoms. The van der Waals surface area contributed by atoms with Crippen molar-refractivity contribution in [3.63, 3.8) is 0 Å². The standard InChI is InChI=1S/C16H15ClN2O4/c17-11-3-1-10(2-4-11)13-8-19(9-14(13)16(21)22)15(20)7-12-5-6-23-18-12/h1-6,13-14H,7-9H2,(H,21,22)/t13-,14+/m0/s1. The van der Waals surface area contributed by atoms with Crippen LogP contribution in [0.2, 0.25) is 5.02 Å². The minimum atomic E-state index is -0.901. The third-order valence-electron chi connectivity index (χ3n) is 4.11. The van der Waals surface area contributed by atoms with Gasteiger partial charge < -0.3 is 14.5 Å². The highest BCUT2D eigenvalue weighted by molar-refractivity contribution is 6.30. The maximum Gasteiger partial charge on any atom is 0.308 e. The highest BCUT2D eigenvalue weighted by Crippen LogP contribution is 2.33. The molecule has 0 radical (unpaired) electrons. The lowest BCUT2D eigenvalue weighted by Gasteiger charge is -2.16. The Balaban J connectivity index is 1.76. The maximum atomic E-state index is 12.3. The summed E-state index contributed by atoms with van der Waals surface area (Å²) in [6, 6.07) is 8.72. The fourth-order valence-corrected chi connectivity index (χ4v) is 3.03. The number of aromatic nitrogens is 1. The van der Waals surface area contributed by atoms with Gasteiger partial charge in [-0.2, -0.15) is 0 Å². The van der Waals surface area contributed by atoms with Gasteiger partial charge in [0.1, 0.15) is 6.26 Å². The Morgan fingerprint density at radius 1 is 1.26 bits per heavy atom. The van der Waals surface area contributed by atoms with E-state index in [-0.39, 0.29) is 24.8 Å². The van der Waals surface area contributed by atoms with Crippen molar-refractivity contribution in [1.29, 1.82) is 0 Å². The van der Waals surface area contributed by atoms with E-state index in [2.05, 4.69) is 5.16 Å². The van der Waals surface area contributed by atoms with Crippen LogP contribution in [0.3, 0.4) is 0 Å². The molecule has 1 aliphatic rings. The summed E-state index contributed by atoms with van der Waals surface area (Å²) in [5.41, 5.74) is 1.41. The molecule has 2 atom stereocenters. The highest BCUT2D eigenvalue weighted by Gasteiger charge is 2.40. The van der Waals surface area contributed by atoms with Crippen molar-refractivity contribution >= 4 is 23.5 Å². The van der Waals surface area contributed by atoms with E-state index in [1.165, 1.54) is 6.26 Å². The van der Waals surface area contributed by atoms with E-state index in [0.29, 0.717) is 17.3 Å². The van der Waals surface area contributed by atoms with Crippen LogP contribution in [-0.2, 0) is 16.0 Å². The van der Waals surface area contributed by atoms with Gasteiger partial charge in [0.25, 0.3) is 0 Å². The van der Waals surface area contributed by atoms with Gasteiger partial charge in [-0.25, -0.2) is 0 Å². The fraction of sp³-hybridized carbons (Fsp3) is 0.312. The van der Waals surface area contributed by atoms with Crippen molar-refractivity contribution in [2.75, 3.05) is 13.1 Å². The predicted molar refractivity (Wildman–Crippen MR) is 82.1 cm³/mol. The van der Waals surface area contributed by atoms with Crippen LogP contribution in [0.1, 0.15) is 17.2 Å². The molecule has 0 saturated carbocycles. The van der Waals surface area contributed by atoms with Crippen LogP contribution in [0, 0.1) is 5.92 Å². The Kier molecular flexibility index (Phi) is 4.34. The molecular formula is C16H15ClN2O4. The summed E-state index contributed by atoms with van der Waals surface area (Å²) in [6.45, 7) is 0.564. The quantitative estimate of drug-likeness (QED) is 0.926. The van der Waals surface area contributed by atoms with E-state index < -0.39 is 11.9 Å².